The molecular formula is C17H22Cl2N4O2. The Morgan fingerprint density at radius 1 is 1.24 bits per heavy atom. The highest BCUT2D eigenvalue weighted by molar-refractivity contribution is 6.42. The molecule has 0 aliphatic rings. The van der Waals surface area contributed by atoms with Gasteiger partial charge in [0.1, 0.15) is 5.75 Å². The minimum absolute atomic E-state index is 0.0745. The van der Waals surface area contributed by atoms with Gasteiger partial charge in [-0.1, -0.05) is 23.2 Å². The maximum Gasteiger partial charge on any atom is 0.260 e. The summed E-state index contributed by atoms with van der Waals surface area (Å²) in [5.74, 6) is 0.390. The third-order valence-corrected chi connectivity index (χ3v) is 4.44. The normalized spacial score (nSPS) is 11.0. The van der Waals surface area contributed by atoms with Gasteiger partial charge in [-0.05, 0) is 33.2 Å². The van der Waals surface area contributed by atoms with Crippen molar-refractivity contribution in [3.05, 3.63) is 46.0 Å². The average molecular weight is 385 g/mol. The Balaban J connectivity index is 2.00. The largest absolute Gasteiger partial charge is 0.484 e. The molecule has 1 aromatic heterocycles. The van der Waals surface area contributed by atoms with E-state index in [0.29, 0.717) is 28.9 Å². The molecular weight excluding hydrogens is 363 g/mol. The van der Waals surface area contributed by atoms with E-state index in [0.717, 1.165) is 17.9 Å². The fraction of sp³-hybridized carbons (Fsp3) is 0.412. The van der Waals surface area contributed by atoms with Crippen LogP contribution in [0.2, 0.25) is 10.0 Å². The summed E-state index contributed by atoms with van der Waals surface area (Å²) in [4.78, 5) is 23.7. The summed E-state index contributed by atoms with van der Waals surface area (Å²) in [6.07, 6.45) is 1.63. The van der Waals surface area contributed by atoms with Gasteiger partial charge in [0.15, 0.2) is 6.61 Å². The topological polar surface area (TPSA) is 61.5 Å². The molecule has 1 heterocycles. The number of hydrogen-bond acceptors (Lipinski definition) is 4. The molecule has 0 fully saturated rings. The molecule has 1 aromatic carbocycles. The molecule has 0 radical (unpaired) electrons. The number of ether oxygens (including phenoxy) is 1. The summed E-state index contributed by atoms with van der Waals surface area (Å²) < 4.78 is 5.56. The van der Waals surface area contributed by atoms with Crippen molar-refractivity contribution in [1.29, 1.82) is 0 Å². The molecule has 0 spiro atoms. The second-order valence-electron chi connectivity index (χ2n) is 5.96. The second-order valence-corrected chi connectivity index (χ2v) is 6.77. The minimum atomic E-state index is -0.115. The highest BCUT2D eigenvalue weighted by atomic mass is 35.5. The lowest BCUT2D eigenvalue weighted by Crippen LogP contribution is -2.39. The Morgan fingerprint density at radius 3 is 2.60 bits per heavy atom. The van der Waals surface area contributed by atoms with Gasteiger partial charge in [-0.15, -0.1) is 0 Å². The van der Waals surface area contributed by atoms with Crippen LogP contribution in [-0.4, -0.2) is 59.5 Å². The lowest BCUT2D eigenvalue weighted by Gasteiger charge is -2.24. The Kier molecular flexibility index (Phi) is 7.11. The summed E-state index contributed by atoms with van der Waals surface area (Å²) in [6.45, 7) is 3.63. The van der Waals surface area contributed by atoms with Gasteiger partial charge in [0.25, 0.3) is 5.91 Å². The number of nitrogens with zero attached hydrogens (tertiary/aromatic N) is 3. The number of benzene rings is 1. The third kappa shape index (κ3) is 5.92. The average Bonchev–Trinajstić information content (AvgIpc) is 2.97. The lowest BCUT2D eigenvalue weighted by atomic mass is 10.3. The van der Waals surface area contributed by atoms with E-state index in [9.17, 15) is 4.79 Å². The van der Waals surface area contributed by atoms with E-state index in [-0.39, 0.29) is 12.5 Å². The quantitative estimate of drug-likeness (QED) is 0.759. The zero-order chi connectivity index (χ0) is 18.4. The van der Waals surface area contributed by atoms with E-state index >= 15 is 0 Å². The Morgan fingerprint density at radius 2 is 2.00 bits per heavy atom. The van der Waals surface area contributed by atoms with Gasteiger partial charge in [-0.25, -0.2) is 4.98 Å². The molecule has 2 aromatic rings. The van der Waals surface area contributed by atoms with E-state index < -0.39 is 0 Å². The minimum Gasteiger partial charge on any atom is -0.484 e. The molecule has 0 saturated heterocycles. The van der Waals surface area contributed by atoms with Gasteiger partial charge < -0.3 is 19.5 Å². The van der Waals surface area contributed by atoms with Crippen LogP contribution in [-0.2, 0) is 11.3 Å². The lowest BCUT2D eigenvalue weighted by molar-refractivity contribution is -0.134. The Bertz CT molecular complexity index is 718. The smallest absolute Gasteiger partial charge is 0.260 e. The predicted octanol–water partition coefficient (Wildman–Crippen LogP) is 2.99. The highest BCUT2D eigenvalue weighted by Gasteiger charge is 2.17. The monoisotopic (exact) mass is 384 g/mol. The molecule has 2 rings (SSSR count). The number of carbonyl (C=O) groups excluding carboxylic acids is 1. The fourth-order valence-electron chi connectivity index (χ4n) is 2.14. The van der Waals surface area contributed by atoms with E-state index in [1.807, 2.05) is 25.9 Å². The van der Waals surface area contributed by atoms with Crippen LogP contribution in [0.3, 0.4) is 0 Å². The molecule has 1 amide bonds. The van der Waals surface area contributed by atoms with Crippen LogP contribution < -0.4 is 4.74 Å². The molecule has 136 valence electrons. The van der Waals surface area contributed by atoms with Gasteiger partial charge in [0.2, 0.25) is 0 Å². The van der Waals surface area contributed by atoms with Crippen molar-refractivity contribution in [2.45, 2.75) is 13.5 Å². The van der Waals surface area contributed by atoms with E-state index in [1.165, 1.54) is 0 Å². The van der Waals surface area contributed by atoms with Crippen LogP contribution in [0.4, 0.5) is 0 Å². The molecule has 0 saturated carbocycles. The van der Waals surface area contributed by atoms with Crippen LogP contribution in [0.1, 0.15) is 11.4 Å². The molecule has 8 heteroatoms. The molecule has 0 unspecified atom stereocenters. The van der Waals surface area contributed by atoms with Gasteiger partial charge in [0.05, 0.1) is 28.6 Å². The number of hydrogen-bond donors (Lipinski definition) is 1. The first-order valence-electron chi connectivity index (χ1n) is 7.86. The molecule has 0 aliphatic carbocycles. The number of likely N-dealkylation sites (N-methyl/N-ethyl adjacent to an activating group) is 1. The molecule has 1 N–H and O–H groups in total. The molecule has 6 nitrogen and oxygen atoms in total. The van der Waals surface area contributed by atoms with Crippen molar-refractivity contribution in [2.24, 2.45) is 0 Å². The first-order chi connectivity index (χ1) is 11.9. The zero-order valence-corrected chi connectivity index (χ0v) is 16.1. The van der Waals surface area contributed by atoms with E-state index in [2.05, 4.69) is 9.97 Å². The standard InChI is InChI=1S/C17H22Cl2N4O2/c1-12-16(21-11-20-12)9-23(7-6-22(2)3)17(24)10-25-13-4-5-14(18)15(19)8-13/h4-5,8,11H,6-7,9-10H2,1-3H3,(H,20,21). The van der Waals surface area contributed by atoms with Crippen LogP contribution in [0, 0.1) is 6.92 Å². The van der Waals surface area contributed by atoms with Crippen molar-refractivity contribution in [2.75, 3.05) is 33.8 Å². The van der Waals surface area contributed by atoms with Gasteiger partial charge in [-0.3, -0.25) is 4.79 Å². The number of nitrogens with one attached hydrogen (secondary N) is 1. The van der Waals surface area contributed by atoms with Crippen molar-refractivity contribution >= 4 is 29.1 Å². The molecule has 0 atom stereocenters. The molecule has 0 aliphatic heterocycles. The number of imidazole rings is 1. The van der Waals surface area contributed by atoms with Crippen LogP contribution in [0.25, 0.3) is 0 Å². The predicted molar refractivity (Wildman–Crippen MR) is 99.3 cm³/mol. The Hall–Kier alpha value is -1.76. The van der Waals surface area contributed by atoms with Gasteiger partial charge >= 0.3 is 0 Å². The van der Waals surface area contributed by atoms with Crippen LogP contribution in [0.5, 0.6) is 5.75 Å². The van der Waals surface area contributed by atoms with Crippen molar-refractivity contribution in [1.82, 2.24) is 19.8 Å². The van der Waals surface area contributed by atoms with Gasteiger partial charge in [-0.2, -0.15) is 0 Å². The number of rotatable bonds is 8. The number of H-pyrrole nitrogens is 1. The zero-order valence-electron chi connectivity index (χ0n) is 14.6. The SMILES string of the molecule is Cc1[nH]cnc1CN(CCN(C)C)C(=O)COc1ccc(Cl)c(Cl)c1. The Labute approximate surface area is 157 Å². The maximum absolute atomic E-state index is 12.6. The van der Waals surface area contributed by atoms with Gasteiger partial charge in [0, 0.05) is 24.8 Å². The first kappa shape index (κ1) is 19.6. The summed E-state index contributed by atoms with van der Waals surface area (Å²) in [7, 11) is 3.93. The first-order valence-corrected chi connectivity index (χ1v) is 8.61. The molecule has 0 bridgehead atoms. The van der Waals surface area contributed by atoms with Crippen LogP contribution in [0.15, 0.2) is 24.5 Å². The number of carbonyl (C=O) groups is 1. The number of aromatic nitrogens is 2. The van der Waals surface area contributed by atoms with E-state index in [4.69, 9.17) is 27.9 Å². The number of halogens is 2. The molecule has 25 heavy (non-hydrogen) atoms. The summed E-state index contributed by atoms with van der Waals surface area (Å²) in [5, 5.41) is 0.838. The summed E-state index contributed by atoms with van der Waals surface area (Å²) >= 11 is 11.8. The van der Waals surface area contributed by atoms with E-state index in [1.54, 1.807) is 29.4 Å². The second kappa shape index (κ2) is 9.08. The maximum atomic E-state index is 12.6. The van der Waals surface area contributed by atoms with Crippen molar-refractivity contribution in [3.63, 3.8) is 0 Å². The number of aromatic amines is 1. The number of amides is 1. The summed E-state index contributed by atoms with van der Waals surface area (Å²) in [5.41, 5.74) is 1.80. The van der Waals surface area contributed by atoms with Crippen molar-refractivity contribution < 1.29 is 9.53 Å². The fourth-order valence-corrected chi connectivity index (χ4v) is 2.43. The third-order valence-electron chi connectivity index (χ3n) is 3.70. The summed E-state index contributed by atoms with van der Waals surface area (Å²) in [6, 6.07) is 4.92. The highest BCUT2D eigenvalue weighted by Crippen LogP contribution is 2.26. The number of aryl methyl sites for hydroxylation is 1. The van der Waals surface area contributed by atoms with Crippen molar-refractivity contribution in [3.8, 4) is 5.75 Å². The van der Waals surface area contributed by atoms with Crippen LogP contribution >= 0.6 is 23.2 Å².